The van der Waals surface area contributed by atoms with Crippen molar-refractivity contribution in [1.29, 1.82) is 0 Å². The molecule has 182 valence electrons. The highest BCUT2D eigenvalue weighted by atomic mass is 35.5. The zero-order valence-corrected chi connectivity index (χ0v) is 21.0. The second-order valence-electron chi connectivity index (χ2n) is 7.82. The van der Waals surface area contributed by atoms with Gasteiger partial charge in [0.15, 0.2) is 0 Å². The molecule has 0 aromatic heterocycles. The van der Waals surface area contributed by atoms with Gasteiger partial charge in [-0.05, 0) is 53.9 Å². The molecule has 1 aliphatic heterocycles. The van der Waals surface area contributed by atoms with Crippen molar-refractivity contribution in [2.45, 2.75) is 24.5 Å². The Bertz CT molecular complexity index is 1040. The molecule has 1 fully saturated rings. The maximum atomic E-state index is 12.3. The second-order valence-corrected chi connectivity index (χ2v) is 9.73. The minimum Gasteiger partial charge on any atom is -0.374 e. The zero-order chi connectivity index (χ0) is 24.7. The Hall–Kier alpha value is -2.30. The molecule has 1 aliphatic rings. The van der Waals surface area contributed by atoms with E-state index < -0.39 is 11.8 Å². The molecule has 3 rings (SSSR count). The van der Waals surface area contributed by atoms with Crippen molar-refractivity contribution in [3.05, 3.63) is 63.6 Å². The number of rotatable bonds is 9. The molecular formula is C23H26Cl2N4O4S. The highest BCUT2D eigenvalue weighted by Gasteiger charge is 2.25. The van der Waals surface area contributed by atoms with E-state index in [9.17, 15) is 14.4 Å². The van der Waals surface area contributed by atoms with Gasteiger partial charge in [0.25, 0.3) is 5.91 Å². The van der Waals surface area contributed by atoms with Gasteiger partial charge in [0.2, 0.25) is 11.8 Å². The minimum atomic E-state index is -0.613. The lowest BCUT2D eigenvalue weighted by atomic mass is 10.2. The van der Waals surface area contributed by atoms with Crippen molar-refractivity contribution >= 4 is 52.9 Å². The van der Waals surface area contributed by atoms with E-state index in [4.69, 9.17) is 33.7 Å². The fourth-order valence-corrected chi connectivity index (χ4v) is 4.61. The topological polar surface area (TPSA) is 105 Å². The molecule has 8 nitrogen and oxygen atoms in total. The van der Waals surface area contributed by atoms with E-state index in [-0.39, 0.29) is 18.6 Å². The number of primary amides is 1. The molecule has 3 N–H and O–H groups in total. The third kappa shape index (κ3) is 7.89. The van der Waals surface area contributed by atoms with Crippen LogP contribution < -0.4 is 11.1 Å². The van der Waals surface area contributed by atoms with Gasteiger partial charge in [-0.3, -0.25) is 23.6 Å². The zero-order valence-electron chi connectivity index (χ0n) is 18.6. The number of hydrogen-bond donors (Lipinski definition) is 2. The van der Waals surface area contributed by atoms with Crippen LogP contribution in [0.25, 0.3) is 0 Å². The molecule has 1 heterocycles. The quantitative estimate of drug-likeness (QED) is 0.488. The molecule has 11 heteroatoms. The van der Waals surface area contributed by atoms with Crippen molar-refractivity contribution < 1.29 is 19.1 Å². The third-order valence-corrected chi connectivity index (χ3v) is 6.94. The van der Waals surface area contributed by atoms with E-state index >= 15 is 0 Å². The van der Waals surface area contributed by atoms with E-state index in [0.717, 1.165) is 17.0 Å². The van der Waals surface area contributed by atoms with E-state index in [2.05, 4.69) is 10.2 Å². The Labute approximate surface area is 212 Å². The highest BCUT2D eigenvalue weighted by Crippen LogP contribution is 2.26. The fourth-order valence-electron chi connectivity index (χ4n) is 3.41. The number of amides is 3. The molecule has 1 atom stereocenters. The predicted molar refractivity (Wildman–Crippen MR) is 133 cm³/mol. The summed E-state index contributed by atoms with van der Waals surface area (Å²) in [7, 11) is 0. The molecule has 34 heavy (non-hydrogen) atoms. The van der Waals surface area contributed by atoms with Crippen LogP contribution in [-0.4, -0.2) is 65.8 Å². The summed E-state index contributed by atoms with van der Waals surface area (Å²) in [5.74, 6) is -1.10. The molecule has 2 aromatic carbocycles. The summed E-state index contributed by atoms with van der Waals surface area (Å²) in [6.07, 6.45) is -0.147. The summed E-state index contributed by atoms with van der Waals surface area (Å²) in [4.78, 5) is 38.2. The molecule has 0 unspecified atom stereocenters. The van der Waals surface area contributed by atoms with E-state index in [1.54, 1.807) is 34.6 Å². The SMILES string of the molecule is CC(=O)N(C[C@@H]1CN(Cc2ccc(Cl)c(Cl)c2)CCO1)Sc1ccc(C(=O)NCC(N)=O)cc1. The van der Waals surface area contributed by atoms with Gasteiger partial charge < -0.3 is 15.8 Å². The van der Waals surface area contributed by atoms with E-state index in [1.807, 2.05) is 12.1 Å². The number of hydrogen-bond acceptors (Lipinski definition) is 6. The summed E-state index contributed by atoms with van der Waals surface area (Å²) >= 11 is 13.4. The van der Waals surface area contributed by atoms with Gasteiger partial charge in [0.1, 0.15) is 0 Å². The number of carbonyl (C=O) groups is 3. The third-order valence-electron chi connectivity index (χ3n) is 5.09. The van der Waals surface area contributed by atoms with Crippen molar-refractivity contribution in [3.8, 4) is 0 Å². The Balaban J connectivity index is 1.56. The Kier molecular flexibility index (Phi) is 9.61. The first kappa shape index (κ1) is 26.3. The van der Waals surface area contributed by atoms with Gasteiger partial charge in [0.05, 0.1) is 35.8 Å². The summed E-state index contributed by atoms with van der Waals surface area (Å²) < 4.78 is 7.57. The molecule has 0 spiro atoms. The smallest absolute Gasteiger partial charge is 0.251 e. The molecule has 3 amide bonds. The van der Waals surface area contributed by atoms with E-state index in [0.29, 0.717) is 41.8 Å². The average molecular weight is 525 g/mol. The van der Waals surface area contributed by atoms with Crippen molar-refractivity contribution in [2.24, 2.45) is 5.73 Å². The van der Waals surface area contributed by atoms with Gasteiger partial charge in [-0.15, -0.1) is 0 Å². The number of carbonyl (C=O) groups excluding carboxylic acids is 3. The summed E-state index contributed by atoms with van der Waals surface area (Å²) in [5.41, 5.74) is 6.50. The lowest BCUT2D eigenvalue weighted by Gasteiger charge is -2.35. The number of ether oxygens (including phenoxy) is 1. The second kappa shape index (κ2) is 12.4. The lowest BCUT2D eigenvalue weighted by Crippen LogP contribution is -2.46. The normalized spacial score (nSPS) is 16.1. The van der Waals surface area contributed by atoms with Crippen LogP contribution in [0.2, 0.25) is 10.0 Å². The summed E-state index contributed by atoms with van der Waals surface area (Å²) in [6, 6.07) is 12.4. The number of benzene rings is 2. The summed E-state index contributed by atoms with van der Waals surface area (Å²) in [6.45, 7) is 4.43. The van der Waals surface area contributed by atoms with Crippen LogP contribution in [0.1, 0.15) is 22.8 Å². The fraction of sp³-hybridized carbons (Fsp3) is 0.348. The minimum absolute atomic E-state index is 0.0986. The average Bonchev–Trinajstić information content (AvgIpc) is 2.80. The van der Waals surface area contributed by atoms with Crippen LogP contribution in [0.15, 0.2) is 47.4 Å². The van der Waals surface area contributed by atoms with Crippen molar-refractivity contribution in [1.82, 2.24) is 14.5 Å². The number of morpholine rings is 1. The van der Waals surface area contributed by atoms with Gasteiger partial charge >= 0.3 is 0 Å². The maximum Gasteiger partial charge on any atom is 0.251 e. The molecule has 0 aliphatic carbocycles. The van der Waals surface area contributed by atoms with Crippen molar-refractivity contribution in [3.63, 3.8) is 0 Å². The van der Waals surface area contributed by atoms with Gasteiger partial charge in [-0.25, -0.2) is 0 Å². The van der Waals surface area contributed by atoms with Crippen LogP contribution in [0.4, 0.5) is 0 Å². The first-order valence-corrected chi connectivity index (χ1v) is 12.1. The molecular weight excluding hydrogens is 499 g/mol. The number of nitrogens with two attached hydrogens (primary N) is 1. The highest BCUT2D eigenvalue weighted by molar-refractivity contribution is 7.97. The largest absolute Gasteiger partial charge is 0.374 e. The van der Waals surface area contributed by atoms with Crippen LogP contribution in [0.3, 0.4) is 0 Å². The molecule has 0 saturated carbocycles. The van der Waals surface area contributed by atoms with Gasteiger partial charge in [-0.2, -0.15) is 0 Å². The number of nitrogens with one attached hydrogen (secondary N) is 1. The summed E-state index contributed by atoms with van der Waals surface area (Å²) in [5, 5.41) is 3.49. The van der Waals surface area contributed by atoms with Crippen LogP contribution in [-0.2, 0) is 20.9 Å². The van der Waals surface area contributed by atoms with Crippen LogP contribution in [0, 0.1) is 0 Å². The lowest BCUT2D eigenvalue weighted by molar-refractivity contribution is -0.126. The molecule has 2 aromatic rings. The number of halogens is 2. The maximum absolute atomic E-state index is 12.3. The van der Waals surface area contributed by atoms with Gasteiger partial charge in [-0.1, -0.05) is 29.3 Å². The number of nitrogens with zero attached hydrogens (tertiary/aromatic N) is 2. The Morgan fingerprint density at radius 2 is 1.91 bits per heavy atom. The molecule has 0 bridgehead atoms. The van der Waals surface area contributed by atoms with E-state index in [1.165, 1.54) is 18.9 Å². The van der Waals surface area contributed by atoms with Gasteiger partial charge in [0, 0.05) is 37.0 Å². The Morgan fingerprint density at radius 3 is 2.56 bits per heavy atom. The molecule has 1 saturated heterocycles. The van der Waals surface area contributed by atoms with Crippen molar-refractivity contribution in [2.75, 3.05) is 32.8 Å². The monoisotopic (exact) mass is 524 g/mol. The first-order chi connectivity index (χ1) is 16.2. The predicted octanol–water partition coefficient (Wildman–Crippen LogP) is 2.97. The Morgan fingerprint density at radius 1 is 1.18 bits per heavy atom. The van der Waals surface area contributed by atoms with Crippen LogP contribution in [0.5, 0.6) is 0 Å². The van der Waals surface area contributed by atoms with Crippen LogP contribution >= 0.6 is 35.1 Å². The first-order valence-electron chi connectivity index (χ1n) is 10.6. The standard InChI is InChI=1S/C23H26Cl2N4O4S/c1-15(30)29(34-19-5-3-17(4-6-19)23(32)27-11-22(26)31)14-18-13-28(8-9-33-18)12-16-2-7-20(24)21(25)10-16/h2-7,10,18H,8-9,11-14H2,1H3,(H2,26,31)(H,27,32)/t18-/m0/s1. The molecule has 0 radical (unpaired) electrons.